The third-order valence-corrected chi connectivity index (χ3v) is 4.19. The molecule has 0 bridgehead atoms. The van der Waals surface area contributed by atoms with Gasteiger partial charge in [-0.15, -0.1) is 0 Å². The van der Waals surface area contributed by atoms with Crippen LogP contribution in [0.4, 0.5) is 41.9 Å². The van der Waals surface area contributed by atoms with Gasteiger partial charge in [0.2, 0.25) is 0 Å². The average Bonchev–Trinajstić information content (AvgIpc) is 2.67. The zero-order chi connectivity index (χ0) is 21.0. The number of anilines is 5. The molecule has 0 radical (unpaired) electrons. The van der Waals surface area contributed by atoms with Crippen LogP contribution in [0.3, 0.4) is 0 Å². The first kappa shape index (κ1) is 20.5. The molecular weight excluding hydrogens is 407 g/mol. The SMILES string of the molecule is CCOc1ccccc1Nc1ncnc(Nc2ccc(Cl)c(C(F)(F)F)c2)c1N. The zero-order valence-corrected chi connectivity index (χ0v) is 16.0. The lowest BCUT2D eigenvalue weighted by molar-refractivity contribution is -0.137. The number of halogens is 4. The number of nitrogens with one attached hydrogen (secondary N) is 2. The van der Waals surface area contributed by atoms with Crippen molar-refractivity contribution in [1.82, 2.24) is 9.97 Å². The molecule has 0 aliphatic heterocycles. The van der Waals surface area contributed by atoms with E-state index in [0.29, 0.717) is 18.0 Å². The van der Waals surface area contributed by atoms with E-state index in [-0.39, 0.29) is 23.0 Å². The lowest BCUT2D eigenvalue weighted by Gasteiger charge is -2.16. The fourth-order valence-electron chi connectivity index (χ4n) is 2.53. The van der Waals surface area contributed by atoms with Gasteiger partial charge in [0.25, 0.3) is 0 Å². The highest BCUT2D eigenvalue weighted by Gasteiger charge is 2.33. The van der Waals surface area contributed by atoms with Gasteiger partial charge in [-0.25, -0.2) is 9.97 Å². The minimum absolute atomic E-state index is 0.127. The summed E-state index contributed by atoms with van der Waals surface area (Å²) in [5.41, 5.74) is 6.06. The number of rotatable bonds is 6. The summed E-state index contributed by atoms with van der Waals surface area (Å²) in [4.78, 5) is 8.12. The van der Waals surface area contributed by atoms with Gasteiger partial charge in [0.1, 0.15) is 17.8 Å². The molecule has 152 valence electrons. The molecule has 0 amide bonds. The van der Waals surface area contributed by atoms with E-state index in [1.807, 2.05) is 19.1 Å². The summed E-state index contributed by atoms with van der Waals surface area (Å²) in [5, 5.41) is 5.43. The van der Waals surface area contributed by atoms with E-state index < -0.39 is 16.8 Å². The Hall–Kier alpha value is -3.20. The summed E-state index contributed by atoms with van der Waals surface area (Å²) in [6.07, 6.45) is -3.34. The van der Waals surface area contributed by atoms with Crippen LogP contribution in [-0.2, 0) is 6.18 Å². The number of aromatic nitrogens is 2. The highest BCUT2D eigenvalue weighted by molar-refractivity contribution is 6.31. The number of nitrogens with two attached hydrogens (primary N) is 1. The summed E-state index contributed by atoms with van der Waals surface area (Å²) in [6, 6.07) is 10.7. The van der Waals surface area contributed by atoms with Crippen molar-refractivity contribution in [3.8, 4) is 5.75 Å². The number of nitrogen functional groups attached to an aromatic ring is 1. The number of alkyl halides is 3. The summed E-state index contributed by atoms with van der Waals surface area (Å²) < 4.78 is 44.8. The molecule has 29 heavy (non-hydrogen) atoms. The van der Waals surface area contributed by atoms with Crippen molar-refractivity contribution < 1.29 is 17.9 Å². The Morgan fingerprint density at radius 2 is 1.76 bits per heavy atom. The van der Waals surface area contributed by atoms with Gasteiger partial charge in [-0.3, -0.25) is 0 Å². The predicted molar refractivity (Wildman–Crippen MR) is 107 cm³/mol. The normalized spacial score (nSPS) is 11.2. The van der Waals surface area contributed by atoms with Crippen LogP contribution < -0.4 is 21.1 Å². The molecule has 0 aliphatic carbocycles. The predicted octanol–water partition coefficient (Wildman–Crippen LogP) is 5.62. The van der Waals surface area contributed by atoms with Crippen molar-refractivity contribution in [2.24, 2.45) is 0 Å². The van der Waals surface area contributed by atoms with Crippen molar-refractivity contribution in [1.29, 1.82) is 0 Å². The molecule has 0 unspecified atom stereocenters. The number of benzene rings is 2. The van der Waals surface area contributed by atoms with Crippen molar-refractivity contribution in [3.05, 3.63) is 59.4 Å². The Balaban J connectivity index is 1.89. The largest absolute Gasteiger partial charge is 0.492 e. The second kappa shape index (κ2) is 8.44. The number of hydrogen-bond acceptors (Lipinski definition) is 6. The molecule has 4 N–H and O–H groups in total. The number of ether oxygens (including phenoxy) is 1. The van der Waals surface area contributed by atoms with E-state index in [1.54, 1.807) is 12.1 Å². The van der Waals surface area contributed by atoms with Crippen molar-refractivity contribution in [2.75, 3.05) is 23.0 Å². The molecule has 3 rings (SSSR count). The molecule has 6 nitrogen and oxygen atoms in total. The molecule has 0 saturated heterocycles. The lowest BCUT2D eigenvalue weighted by atomic mass is 10.2. The highest BCUT2D eigenvalue weighted by atomic mass is 35.5. The maximum Gasteiger partial charge on any atom is 0.417 e. The molecule has 0 spiro atoms. The van der Waals surface area contributed by atoms with E-state index in [2.05, 4.69) is 20.6 Å². The van der Waals surface area contributed by atoms with Crippen LogP contribution in [0.5, 0.6) is 5.75 Å². The molecule has 10 heteroatoms. The number of hydrogen-bond donors (Lipinski definition) is 3. The van der Waals surface area contributed by atoms with Gasteiger partial charge < -0.3 is 21.1 Å². The molecule has 1 aromatic heterocycles. The Bertz CT molecular complexity index is 1010. The van der Waals surface area contributed by atoms with Gasteiger partial charge in [-0.05, 0) is 37.3 Å². The molecule has 3 aromatic rings. The Kier molecular flexibility index (Phi) is 5.97. The molecule has 0 fully saturated rings. The lowest BCUT2D eigenvalue weighted by Crippen LogP contribution is -2.08. The van der Waals surface area contributed by atoms with Crippen LogP contribution in [0, 0.1) is 0 Å². The van der Waals surface area contributed by atoms with Gasteiger partial charge in [0, 0.05) is 5.69 Å². The fourth-order valence-corrected chi connectivity index (χ4v) is 2.76. The minimum Gasteiger partial charge on any atom is -0.492 e. The van der Waals surface area contributed by atoms with Gasteiger partial charge in [0.05, 0.1) is 22.9 Å². The minimum atomic E-state index is -4.58. The van der Waals surface area contributed by atoms with Gasteiger partial charge in [-0.2, -0.15) is 13.2 Å². The van der Waals surface area contributed by atoms with E-state index in [4.69, 9.17) is 22.1 Å². The topological polar surface area (TPSA) is 85.1 Å². The van der Waals surface area contributed by atoms with Crippen molar-refractivity contribution in [3.63, 3.8) is 0 Å². The molecule has 2 aromatic carbocycles. The van der Waals surface area contributed by atoms with Gasteiger partial charge in [-0.1, -0.05) is 23.7 Å². The summed E-state index contributed by atoms with van der Waals surface area (Å²) >= 11 is 5.65. The van der Waals surface area contributed by atoms with Crippen LogP contribution in [0.1, 0.15) is 12.5 Å². The van der Waals surface area contributed by atoms with Gasteiger partial charge >= 0.3 is 6.18 Å². The molecule has 1 heterocycles. The third-order valence-electron chi connectivity index (χ3n) is 3.86. The third kappa shape index (κ3) is 4.80. The highest BCUT2D eigenvalue weighted by Crippen LogP contribution is 2.37. The monoisotopic (exact) mass is 423 g/mol. The molecule has 0 saturated carbocycles. The fraction of sp³-hybridized carbons (Fsp3) is 0.158. The number of nitrogens with zero attached hydrogens (tertiary/aromatic N) is 2. The maximum absolute atomic E-state index is 13.1. The van der Waals surface area contributed by atoms with E-state index in [1.165, 1.54) is 12.4 Å². The quantitative estimate of drug-likeness (QED) is 0.477. The molecular formula is C19H17ClF3N5O. The Morgan fingerprint density at radius 3 is 2.45 bits per heavy atom. The Morgan fingerprint density at radius 1 is 1.07 bits per heavy atom. The first-order valence-electron chi connectivity index (χ1n) is 8.52. The second-order valence-corrected chi connectivity index (χ2v) is 6.26. The smallest absolute Gasteiger partial charge is 0.417 e. The standard InChI is InChI=1S/C19H17ClF3N5O/c1-2-29-15-6-4-3-5-14(15)28-18-16(24)17(25-10-26-18)27-11-7-8-13(20)12(9-11)19(21,22)23/h3-10H,2,24H2,1H3,(H2,25,26,27,28). The van der Waals surface area contributed by atoms with Crippen LogP contribution in [-0.4, -0.2) is 16.6 Å². The van der Waals surface area contributed by atoms with E-state index in [0.717, 1.165) is 12.1 Å². The van der Waals surface area contributed by atoms with E-state index in [9.17, 15) is 13.2 Å². The first-order valence-corrected chi connectivity index (χ1v) is 8.90. The van der Waals surface area contributed by atoms with Crippen molar-refractivity contribution >= 4 is 40.3 Å². The maximum atomic E-state index is 13.1. The number of para-hydroxylation sites is 2. The average molecular weight is 424 g/mol. The first-order chi connectivity index (χ1) is 13.8. The van der Waals surface area contributed by atoms with Crippen LogP contribution >= 0.6 is 11.6 Å². The second-order valence-electron chi connectivity index (χ2n) is 5.86. The summed E-state index contributed by atoms with van der Waals surface area (Å²) in [7, 11) is 0. The molecule has 0 atom stereocenters. The van der Waals surface area contributed by atoms with Crippen LogP contribution in [0.15, 0.2) is 48.8 Å². The van der Waals surface area contributed by atoms with Crippen LogP contribution in [0.2, 0.25) is 5.02 Å². The molecule has 0 aliphatic rings. The zero-order valence-electron chi connectivity index (χ0n) is 15.2. The van der Waals surface area contributed by atoms with Crippen LogP contribution in [0.25, 0.3) is 0 Å². The summed E-state index contributed by atoms with van der Waals surface area (Å²) in [5.74, 6) is 1.03. The Labute approximate surface area is 169 Å². The van der Waals surface area contributed by atoms with Gasteiger partial charge in [0.15, 0.2) is 11.6 Å². The summed E-state index contributed by atoms with van der Waals surface area (Å²) in [6.45, 7) is 2.34. The van der Waals surface area contributed by atoms with Crippen molar-refractivity contribution in [2.45, 2.75) is 13.1 Å². The van der Waals surface area contributed by atoms with E-state index >= 15 is 0 Å².